The van der Waals surface area contributed by atoms with Crippen molar-refractivity contribution in [3.05, 3.63) is 36.0 Å². The molecule has 650 valence electrons. The second-order valence-corrected chi connectivity index (χ2v) is 28.9. The molecule has 23 N–H and O–H groups in total. The number of ether oxygens (including phenoxy) is 2. The van der Waals surface area contributed by atoms with Crippen molar-refractivity contribution >= 4 is 129 Å². The summed E-state index contributed by atoms with van der Waals surface area (Å²) in [6.07, 6.45) is -3.89. The average molecular weight is 1660 g/mol. The number of carboxylic acid groups (broad SMARTS) is 4. The van der Waals surface area contributed by atoms with Crippen molar-refractivity contribution in [1.82, 2.24) is 73.7 Å². The summed E-state index contributed by atoms with van der Waals surface area (Å²) >= 11 is 0. The number of aliphatic carboxylic acids is 4. The fourth-order valence-corrected chi connectivity index (χ4v) is 12.3. The van der Waals surface area contributed by atoms with E-state index in [4.69, 9.17) is 26.7 Å². The number of unbranched alkanes of at least 4 members (excludes halogenated alkanes) is 4. The van der Waals surface area contributed by atoms with Crippen molar-refractivity contribution in [3.63, 3.8) is 0 Å². The SMILES string of the molecule is CCC(C)CCCCCCC(=O)NC(Cc1c[nH]c2ccccc12)C(=O)NC(CCC(=O)O)C(=O)NC(CC(N)=O)C(=O)NC1C(=O)N(C)CC(=O)NC(C)C(=O)NC(CC(=O)O)C(=O)NC(CCCCN)C(=O)NC(C(OC)C(=O)O)C(=O)NCC(=O)NC(CC(N)=O)C(=O)NC(C(C)CC(=O)O)C(=O)NC(C(C)CC)C(=O)OC1C. The molecule has 0 saturated carbocycles. The van der Waals surface area contributed by atoms with Crippen molar-refractivity contribution in [2.24, 2.45) is 35.0 Å². The number of rotatable bonds is 38. The van der Waals surface area contributed by atoms with E-state index in [9.17, 15) is 112 Å². The quantitative estimate of drug-likeness (QED) is 0.0222. The molecule has 0 radical (unpaired) electrons. The number of aromatic amines is 1. The molecule has 0 aliphatic carbocycles. The Kier molecular flexibility index (Phi) is 42.2. The minimum absolute atomic E-state index is 0.00303. The first-order valence-electron chi connectivity index (χ1n) is 38.3. The molecule has 16 unspecified atom stereocenters. The van der Waals surface area contributed by atoms with Crippen molar-refractivity contribution in [2.45, 2.75) is 243 Å². The second kappa shape index (κ2) is 49.8. The zero-order valence-corrected chi connectivity index (χ0v) is 66.9. The maximum atomic E-state index is 15.0. The lowest BCUT2D eigenvalue weighted by atomic mass is 9.94. The van der Waals surface area contributed by atoms with E-state index in [2.05, 4.69) is 77.3 Å². The highest BCUT2D eigenvalue weighted by atomic mass is 16.5. The number of hydrogen-bond donors (Lipinski definition) is 20. The largest absolute Gasteiger partial charge is 0.481 e. The number of H-pyrrole nitrogens is 1. The number of carbonyl (C=O) groups excluding carboxylic acids is 16. The van der Waals surface area contributed by atoms with Gasteiger partial charge in [-0.25, -0.2) is 9.59 Å². The number of cyclic esters (lactones) is 1. The number of carbonyl (C=O) groups is 20. The Hall–Kier alpha value is -11.9. The number of methoxy groups -OCH3 is 1. The highest BCUT2D eigenvalue weighted by Crippen LogP contribution is 2.22. The molecule has 16 atom stereocenters. The molecule has 0 bridgehead atoms. The van der Waals surface area contributed by atoms with Gasteiger partial charge in [-0.05, 0) is 81.9 Å². The number of nitrogens with zero attached hydrogens (tertiary/aromatic N) is 1. The number of amides is 15. The van der Waals surface area contributed by atoms with Crippen LogP contribution in [0.25, 0.3) is 10.9 Å². The fraction of sp³-hybridized carbons (Fsp3) is 0.622. The molecule has 43 nitrogen and oxygen atoms in total. The molecule has 15 amide bonds. The van der Waals surface area contributed by atoms with Crippen LogP contribution in [0.4, 0.5) is 0 Å². The number of nitrogens with one attached hydrogen (secondary N) is 13. The van der Waals surface area contributed by atoms with Crippen LogP contribution in [0.3, 0.4) is 0 Å². The summed E-state index contributed by atoms with van der Waals surface area (Å²) in [5.74, 6) is -29.1. The van der Waals surface area contributed by atoms with E-state index in [0.29, 0.717) is 40.1 Å². The van der Waals surface area contributed by atoms with Gasteiger partial charge in [0.2, 0.25) is 88.6 Å². The highest BCUT2D eigenvalue weighted by molar-refractivity contribution is 6.02. The molecular weight excluding hydrogens is 1540 g/mol. The van der Waals surface area contributed by atoms with Crippen LogP contribution in [0, 0.1) is 17.8 Å². The molecule has 0 spiro atoms. The van der Waals surface area contributed by atoms with E-state index in [1.165, 1.54) is 13.8 Å². The Morgan fingerprint density at radius 1 is 0.590 bits per heavy atom. The van der Waals surface area contributed by atoms with Crippen molar-refractivity contribution < 1.29 is 126 Å². The molecule has 1 aliphatic rings. The van der Waals surface area contributed by atoms with Gasteiger partial charge in [0.05, 0.1) is 38.8 Å². The molecule has 43 heteroatoms. The summed E-state index contributed by atoms with van der Waals surface area (Å²) < 4.78 is 10.8. The molecule has 1 aromatic heterocycles. The minimum atomic E-state index is -2.30. The predicted molar refractivity (Wildman–Crippen MR) is 411 cm³/mol. The van der Waals surface area contributed by atoms with Crippen LogP contribution in [-0.2, 0) is 112 Å². The maximum absolute atomic E-state index is 15.0. The van der Waals surface area contributed by atoms with Crippen LogP contribution >= 0.6 is 0 Å². The molecule has 3 rings (SSSR count). The van der Waals surface area contributed by atoms with Gasteiger partial charge in [0.25, 0.3) is 0 Å². The number of likely N-dealkylation sites (N-methyl/N-ethyl adjacent to an activating group) is 1. The van der Waals surface area contributed by atoms with E-state index in [1.54, 1.807) is 30.5 Å². The highest BCUT2D eigenvalue weighted by Gasteiger charge is 2.43. The number of aromatic nitrogens is 1. The van der Waals surface area contributed by atoms with Gasteiger partial charge in [-0.2, -0.15) is 0 Å². The average Bonchev–Trinajstić information content (AvgIpc) is 1.67. The second-order valence-electron chi connectivity index (χ2n) is 28.9. The smallest absolute Gasteiger partial charge is 0.335 e. The van der Waals surface area contributed by atoms with Gasteiger partial charge >= 0.3 is 29.8 Å². The van der Waals surface area contributed by atoms with Gasteiger partial charge in [0.1, 0.15) is 72.6 Å². The van der Waals surface area contributed by atoms with Gasteiger partial charge in [-0.3, -0.25) is 86.3 Å². The van der Waals surface area contributed by atoms with Crippen LogP contribution in [0.15, 0.2) is 30.5 Å². The van der Waals surface area contributed by atoms with Crippen molar-refractivity contribution in [2.75, 3.05) is 33.8 Å². The molecule has 117 heavy (non-hydrogen) atoms. The van der Waals surface area contributed by atoms with Gasteiger partial charge in [-0.15, -0.1) is 0 Å². The summed E-state index contributed by atoms with van der Waals surface area (Å²) in [6.45, 7) is 8.05. The van der Waals surface area contributed by atoms with Crippen LogP contribution < -0.4 is 81.0 Å². The third-order valence-corrected chi connectivity index (χ3v) is 19.3. The van der Waals surface area contributed by atoms with E-state index >= 15 is 4.79 Å². The number of para-hydroxylation sites is 1. The van der Waals surface area contributed by atoms with E-state index in [-0.39, 0.29) is 45.1 Å². The number of primary amides is 2. The summed E-state index contributed by atoms with van der Waals surface area (Å²) in [4.78, 5) is 278. The Labute approximate surface area is 673 Å². The van der Waals surface area contributed by atoms with E-state index < -0.39 is 261 Å². The number of fused-ring (bicyclic) bond motifs is 1. The summed E-state index contributed by atoms with van der Waals surface area (Å²) in [7, 11) is 1.75. The summed E-state index contributed by atoms with van der Waals surface area (Å²) in [5, 5.41) is 67.6. The zero-order valence-electron chi connectivity index (χ0n) is 66.9. The van der Waals surface area contributed by atoms with Gasteiger partial charge in [0.15, 0.2) is 6.10 Å². The number of nitrogens with two attached hydrogens (primary N) is 3. The normalized spacial score (nSPS) is 22.0. The van der Waals surface area contributed by atoms with E-state index in [0.717, 1.165) is 60.6 Å². The van der Waals surface area contributed by atoms with Crippen LogP contribution in [0.5, 0.6) is 0 Å². The zero-order chi connectivity index (χ0) is 88.1. The van der Waals surface area contributed by atoms with E-state index in [1.807, 2.05) is 5.32 Å². The Bertz CT molecular complexity index is 3870. The molecule has 2 heterocycles. The lowest BCUT2D eigenvalue weighted by Crippen LogP contribution is -2.62. The first kappa shape index (κ1) is 99.3. The van der Waals surface area contributed by atoms with Crippen LogP contribution in [0.2, 0.25) is 0 Å². The van der Waals surface area contributed by atoms with Crippen LogP contribution in [0.1, 0.15) is 163 Å². The monoisotopic (exact) mass is 1660 g/mol. The maximum Gasteiger partial charge on any atom is 0.335 e. The Morgan fingerprint density at radius 3 is 1.80 bits per heavy atom. The third-order valence-electron chi connectivity index (χ3n) is 19.3. The van der Waals surface area contributed by atoms with Gasteiger partial charge in [0, 0.05) is 50.5 Å². The number of hydrogen-bond acceptors (Lipinski definition) is 23. The van der Waals surface area contributed by atoms with Gasteiger partial charge < -0.3 is 121 Å². The Morgan fingerprint density at radius 2 is 1.20 bits per heavy atom. The first-order valence-corrected chi connectivity index (χ1v) is 38.3. The Balaban J connectivity index is 2.27. The predicted octanol–water partition coefficient (Wildman–Crippen LogP) is -4.55. The molecule has 1 aromatic carbocycles. The number of esters is 1. The fourth-order valence-electron chi connectivity index (χ4n) is 12.3. The van der Waals surface area contributed by atoms with Gasteiger partial charge in [-0.1, -0.05) is 91.3 Å². The molecule has 1 fully saturated rings. The lowest BCUT2D eigenvalue weighted by molar-refractivity contribution is -0.159. The molecular formula is C74H113N17O26. The first-order chi connectivity index (χ1) is 55.0. The topological polar surface area (TPSA) is 682 Å². The summed E-state index contributed by atoms with van der Waals surface area (Å²) in [6, 6.07) is -14.7. The summed E-state index contributed by atoms with van der Waals surface area (Å²) in [5.41, 5.74) is 18.0. The number of benzene rings is 1. The lowest BCUT2D eigenvalue weighted by Gasteiger charge is -2.32. The third kappa shape index (κ3) is 34.2. The number of carboxylic acids is 4. The molecule has 2 aromatic rings. The van der Waals surface area contributed by atoms with Crippen molar-refractivity contribution in [3.8, 4) is 0 Å². The molecule has 1 aliphatic heterocycles. The van der Waals surface area contributed by atoms with Crippen LogP contribution in [-0.4, -0.2) is 261 Å². The van der Waals surface area contributed by atoms with Crippen molar-refractivity contribution in [1.29, 1.82) is 0 Å². The minimum Gasteiger partial charge on any atom is -0.481 e. The molecule has 1 saturated heterocycles. The standard InChI is InChI=1S/C74H113N17O26/c1-10-36(3)20-14-12-13-15-24-52(94)81-46(29-41-33-78-43-22-17-16-21-42(41)43)66(106)84-45(25-26-55(97)98)64(104)86-48(31-51(77)93)69(109)89-60-40(7)117-74(115)59(37(4)11-2)88-71(111)58(38(5)28-56(99)100)87-68(108)47(30-50(76)92)82-53(95)34-79-70(110)61(62(116-9)73(113)114)90-65(105)44(23-18-19-27-75)83-67(107)49(32-57(101)102)85-63(103)39(6)80-54(96)35-91(8)72(60)112/h16-17,21-22,33,36-40,44-49,58-62,78H,10-15,18-20,23-32,34-35,75H2,1-9H3,(H2,76,92)(H2,77,93)(H,79,110)(H,80,96)(H,81,94)(H,82,95)(H,83,107)(H,84,106)(H,85,103)(H,86,104)(H,87,108)(H,88,111)(H,89,109)(H,90,105)(H,97,98)(H,99,100)(H,101,102)(H,113,114).